The summed E-state index contributed by atoms with van der Waals surface area (Å²) in [5.41, 5.74) is 1.62. The Labute approximate surface area is 201 Å². The van der Waals surface area contributed by atoms with Crippen molar-refractivity contribution in [1.29, 1.82) is 0 Å². The lowest BCUT2D eigenvalue weighted by atomic mass is 9.99. The number of rotatable bonds is 7. The second kappa shape index (κ2) is 11.0. The van der Waals surface area contributed by atoms with Crippen molar-refractivity contribution in [2.24, 2.45) is 0 Å². The van der Waals surface area contributed by atoms with E-state index in [9.17, 15) is 19.5 Å². The molecule has 8 heteroatoms. The Hall–Kier alpha value is -3.55. The third-order valence-electron chi connectivity index (χ3n) is 5.25. The Morgan fingerprint density at radius 3 is 2.24 bits per heavy atom. The van der Waals surface area contributed by atoms with Gasteiger partial charge in [0.1, 0.15) is 23.4 Å². The zero-order valence-electron chi connectivity index (χ0n) is 20.9. The smallest absolute Gasteiger partial charge is 0.408 e. The van der Waals surface area contributed by atoms with Gasteiger partial charge in [-0.15, -0.1) is 0 Å². The van der Waals surface area contributed by atoms with Gasteiger partial charge in [-0.3, -0.25) is 9.59 Å². The second-order valence-corrected chi connectivity index (χ2v) is 9.21. The lowest BCUT2D eigenvalue weighted by Gasteiger charge is -2.33. The summed E-state index contributed by atoms with van der Waals surface area (Å²) in [5, 5.41) is 16.2. The van der Waals surface area contributed by atoms with Crippen molar-refractivity contribution in [3.63, 3.8) is 0 Å². The number of nitrogens with zero attached hydrogens (tertiary/aromatic N) is 1. The molecule has 0 spiro atoms. The normalized spacial score (nSPS) is 12.9. The molecule has 0 heterocycles. The van der Waals surface area contributed by atoms with E-state index in [0.717, 1.165) is 5.56 Å². The fraction of sp³-hybridized carbons (Fsp3) is 0.423. The van der Waals surface area contributed by atoms with E-state index < -0.39 is 35.6 Å². The second-order valence-electron chi connectivity index (χ2n) is 9.21. The molecule has 2 aromatic rings. The number of hydrogen-bond donors (Lipinski definition) is 3. The third-order valence-corrected chi connectivity index (χ3v) is 5.25. The molecule has 184 valence electrons. The summed E-state index contributed by atoms with van der Waals surface area (Å²) < 4.78 is 5.25. The number of amides is 3. The molecule has 0 aromatic heterocycles. The SMILES string of the molecule is CCN(C(=O)C(C)NC(=O)OC(C)(C)C)C(C(=O)Nc1ccccc1C)c1cccc(C)c1O. The van der Waals surface area contributed by atoms with Crippen LogP contribution < -0.4 is 10.6 Å². The number of carbonyl (C=O) groups is 3. The van der Waals surface area contributed by atoms with E-state index in [1.54, 1.807) is 65.0 Å². The Balaban J connectivity index is 2.42. The highest BCUT2D eigenvalue weighted by atomic mass is 16.6. The number of phenolic OH excluding ortho intramolecular Hbond substituents is 1. The van der Waals surface area contributed by atoms with Gasteiger partial charge in [0.05, 0.1) is 0 Å². The average molecular weight is 470 g/mol. The largest absolute Gasteiger partial charge is 0.507 e. The van der Waals surface area contributed by atoms with Crippen molar-refractivity contribution in [2.75, 3.05) is 11.9 Å². The third kappa shape index (κ3) is 6.73. The van der Waals surface area contributed by atoms with Gasteiger partial charge in [-0.1, -0.05) is 36.4 Å². The molecule has 34 heavy (non-hydrogen) atoms. The molecule has 3 N–H and O–H groups in total. The highest BCUT2D eigenvalue weighted by molar-refractivity contribution is 5.99. The summed E-state index contributed by atoms with van der Waals surface area (Å²) in [7, 11) is 0. The molecular formula is C26H35N3O5. The summed E-state index contributed by atoms with van der Waals surface area (Å²) in [6.07, 6.45) is -0.733. The number of hydrogen-bond acceptors (Lipinski definition) is 5. The van der Waals surface area contributed by atoms with E-state index in [-0.39, 0.29) is 12.3 Å². The van der Waals surface area contributed by atoms with Crippen LogP contribution >= 0.6 is 0 Å². The minimum absolute atomic E-state index is 0.0635. The van der Waals surface area contributed by atoms with Crippen LogP contribution in [0.15, 0.2) is 42.5 Å². The van der Waals surface area contributed by atoms with Crippen molar-refractivity contribution in [2.45, 2.75) is 66.2 Å². The van der Waals surface area contributed by atoms with Crippen LogP contribution in [-0.2, 0) is 14.3 Å². The number of phenols is 1. The standard InChI is InChI=1S/C26H35N3O5/c1-8-29(24(32)18(4)27-25(33)34-26(5,6)7)21(19-14-11-13-17(3)22(19)30)23(31)28-20-15-10-9-12-16(20)2/h9-15,18,21,30H,8H2,1-7H3,(H,27,33)(H,28,31). The van der Waals surface area contributed by atoms with Crippen LogP contribution in [0, 0.1) is 13.8 Å². The molecule has 2 aromatic carbocycles. The first-order chi connectivity index (χ1) is 15.9. The van der Waals surface area contributed by atoms with E-state index in [4.69, 9.17) is 4.74 Å². The molecule has 2 atom stereocenters. The zero-order valence-corrected chi connectivity index (χ0v) is 20.9. The van der Waals surface area contributed by atoms with Crippen LogP contribution in [0.1, 0.15) is 57.4 Å². The van der Waals surface area contributed by atoms with E-state index >= 15 is 0 Å². The maximum absolute atomic E-state index is 13.5. The predicted molar refractivity (Wildman–Crippen MR) is 132 cm³/mol. The van der Waals surface area contributed by atoms with Gasteiger partial charge in [-0.05, 0) is 65.7 Å². The van der Waals surface area contributed by atoms with Gasteiger partial charge in [0, 0.05) is 17.8 Å². The topological polar surface area (TPSA) is 108 Å². The van der Waals surface area contributed by atoms with E-state index in [0.29, 0.717) is 16.8 Å². The molecule has 0 saturated carbocycles. The van der Waals surface area contributed by atoms with E-state index in [1.165, 1.54) is 11.8 Å². The van der Waals surface area contributed by atoms with Crippen LogP contribution in [0.5, 0.6) is 5.75 Å². The average Bonchev–Trinajstić information content (AvgIpc) is 2.74. The molecule has 0 aliphatic heterocycles. The Bertz CT molecular complexity index is 1040. The van der Waals surface area contributed by atoms with Crippen LogP contribution in [0.25, 0.3) is 0 Å². The molecule has 3 amide bonds. The number of para-hydroxylation sites is 2. The summed E-state index contributed by atoms with van der Waals surface area (Å²) in [4.78, 5) is 40.5. The summed E-state index contributed by atoms with van der Waals surface area (Å²) in [5.74, 6) is -1.03. The molecule has 2 unspecified atom stereocenters. The first kappa shape index (κ1) is 26.7. The number of aryl methyl sites for hydroxylation is 2. The van der Waals surface area contributed by atoms with Gasteiger partial charge < -0.3 is 25.4 Å². The summed E-state index contributed by atoms with van der Waals surface area (Å²) in [6, 6.07) is 10.3. The number of aromatic hydroxyl groups is 1. The van der Waals surface area contributed by atoms with E-state index in [2.05, 4.69) is 10.6 Å². The molecule has 0 bridgehead atoms. The molecule has 8 nitrogen and oxygen atoms in total. The molecule has 0 fully saturated rings. The van der Waals surface area contributed by atoms with Crippen LogP contribution in [0.4, 0.5) is 10.5 Å². The fourth-order valence-electron chi connectivity index (χ4n) is 3.53. The van der Waals surface area contributed by atoms with E-state index in [1.807, 2.05) is 19.1 Å². The van der Waals surface area contributed by atoms with Crippen LogP contribution in [-0.4, -0.2) is 46.1 Å². The van der Waals surface area contributed by atoms with Gasteiger partial charge in [0.25, 0.3) is 5.91 Å². The summed E-state index contributed by atoms with van der Waals surface area (Å²) >= 11 is 0. The Morgan fingerprint density at radius 2 is 1.65 bits per heavy atom. The van der Waals surface area contributed by atoms with Gasteiger partial charge in [0.2, 0.25) is 5.91 Å². The number of anilines is 1. The molecular weight excluding hydrogens is 434 g/mol. The minimum atomic E-state index is -1.13. The van der Waals surface area contributed by atoms with Gasteiger partial charge in [-0.25, -0.2) is 4.79 Å². The first-order valence-corrected chi connectivity index (χ1v) is 11.3. The zero-order chi connectivity index (χ0) is 25.6. The lowest BCUT2D eigenvalue weighted by Crippen LogP contribution is -2.51. The van der Waals surface area contributed by atoms with Crippen molar-refractivity contribution in [3.05, 3.63) is 59.2 Å². The molecule has 0 radical (unpaired) electrons. The Kier molecular flexibility index (Phi) is 8.68. The van der Waals surface area contributed by atoms with Crippen molar-refractivity contribution < 1.29 is 24.2 Å². The van der Waals surface area contributed by atoms with Crippen molar-refractivity contribution in [1.82, 2.24) is 10.2 Å². The van der Waals surface area contributed by atoms with Crippen LogP contribution in [0.3, 0.4) is 0 Å². The molecule has 2 rings (SSSR count). The first-order valence-electron chi connectivity index (χ1n) is 11.3. The number of alkyl carbamates (subject to hydrolysis) is 1. The Morgan fingerprint density at radius 1 is 1.03 bits per heavy atom. The number of nitrogens with one attached hydrogen (secondary N) is 2. The molecule has 0 aliphatic rings. The van der Waals surface area contributed by atoms with Gasteiger partial charge >= 0.3 is 6.09 Å². The predicted octanol–water partition coefficient (Wildman–Crippen LogP) is 4.45. The fourth-order valence-corrected chi connectivity index (χ4v) is 3.53. The van der Waals surface area contributed by atoms with Gasteiger partial charge in [0.15, 0.2) is 0 Å². The number of benzene rings is 2. The summed E-state index contributed by atoms with van der Waals surface area (Å²) in [6.45, 7) is 12.2. The maximum atomic E-state index is 13.5. The number of likely N-dealkylation sites (N-methyl/N-ethyl adjacent to an activating group) is 1. The van der Waals surface area contributed by atoms with Gasteiger partial charge in [-0.2, -0.15) is 0 Å². The lowest BCUT2D eigenvalue weighted by molar-refractivity contribution is -0.140. The highest BCUT2D eigenvalue weighted by Gasteiger charge is 2.35. The van der Waals surface area contributed by atoms with Crippen molar-refractivity contribution in [3.8, 4) is 5.75 Å². The quantitative estimate of drug-likeness (QED) is 0.555. The minimum Gasteiger partial charge on any atom is -0.507 e. The highest BCUT2D eigenvalue weighted by Crippen LogP contribution is 2.33. The maximum Gasteiger partial charge on any atom is 0.408 e. The number of carbonyl (C=O) groups excluding carboxylic acids is 3. The monoisotopic (exact) mass is 469 g/mol. The number of ether oxygens (including phenoxy) is 1. The molecule has 0 saturated heterocycles. The molecule has 0 aliphatic carbocycles. The van der Waals surface area contributed by atoms with Crippen LogP contribution in [0.2, 0.25) is 0 Å². The van der Waals surface area contributed by atoms with Crippen molar-refractivity contribution >= 4 is 23.6 Å².